The van der Waals surface area contributed by atoms with Gasteiger partial charge in [-0.1, -0.05) is 23.9 Å². The van der Waals surface area contributed by atoms with Crippen molar-refractivity contribution in [2.45, 2.75) is 30.6 Å². The van der Waals surface area contributed by atoms with Crippen LogP contribution in [0.5, 0.6) is 0 Å². The number of halogens is 3. The summed E-state index contributed by atoms with van der Waals surface area (Å²) in [6.45, 7) is 5.66. The van der Waals surface area contributed by atoms with Crippen LogP contribution in [-0.2, 0) is 23.2 Å². The smallest absolute Gasteiger partial charge is 0.378 e. The Bertz CT molecular complexity index is 696. The van der Waals surface area contributed by atoms with E-state index >= 15 is 0 Å². The first-order chi connectivity index (χ1) is 12.0. The van der Waals surface area contributed by atoms with Crippen LogP contribution in [0.2, 0.25) is 0 Å². The largest absolute Gasteiger partial charge is 0.416 e. The van der Waals surface area contributed by atoms with Crippen molar-refractivity contribution in [3.8, 4) is 0 Å². The van der Waals surface area contributed by atoms with E-state index in [1.807, 2.05) is 11.5 Å². The number of benzene rings is 1. The zero-order valence-corrected chi connectivity index (χ0v) is 14.6. The fourth-order valence-corrected chi connectivity index (χ4v) is 3.55. The lowest BCUT2D eigenvalue weighted by molar-refractivity contribution is -0.137. The Morgan fingerprint density at radius 2 is 1.80 bits per heavy atom. The number of hydrogen-bond donors (Lipinski definition) is 0. The maximum atomic E-state index is 12.6. The Kier molecular flexibility index (Phi) is 5.53. The van der Waals surface area contributed by atoms with E-state index < -0.39 is 11.7 Å². The number of nitrogens with zero attached hydrogens (tertiary/aromatic N) is 4. The Morgan fingerprint density at radius 1 is 1.12 bits per heavy atom. The van der Waals surface area contributed by atoms with Gasteiger partial charge < -0.3 is 9.64 Å². The Hall–Kier alpha value is -1.74. The summed E-state index contributed by atoms with van der Waals surface area (Å²) in [5, 5.41) is 9.30. The lowest BCUT2D eigenvalue weighted by Crippen LogP contribution is -2.38. The molecule has 1 aliphatic rings. The molecule has 0 N–H and O–H groups in total. The molecule has 0 bridgehead atoms. The zero-order valence-electron chi connectivity index (χ0n) is 13.8. The summed E-state index contributed by atoms with van der Waals surface area (Å²) in [5.74, 6) is 1.36. The maximum absolute atomic E-state index is 12.6. The van der Waals surface area contributed by atoms with E-state index in [1.54, 1.807) is 0 Å². The molecule has 25 heavy (non-hydrogen) atoms. The topological polar surface area (TPSA) is 43.2 Å². The van der Waals surface area contributed by atoms with Crippen molar-refractivity contribution in [2.75, 3.05) is 31.2 Å². The van der Waals surface area contributed by atoms with Crippen molar-refractivity contribution >= 4 is 17.7 Å². The summed E-state index contributed by atoms with van der Waals surface area (Å²) in [5.41, 5.74) is 0.184. The minimum atomic E-state index is -4.30. The summed E-state index contributed by atoms with van der Waals surface area (Å²) < 4.78 is 45.2. The quantitative estimate of drug-likeness (QED) is 0.752. The molecule has 0 radical (unpaired) electrons. The number of morpholine rings is 1. The highest BCUT2D eigenvalue weighted by atomic mass is 32.2. The minimum absolute atomic E-state index is 0.541. The molecular weight excluding hydrogens is 353 g/mol. The SMILES string of the molecule is CCn1c(SCc2ccc(C(F)(F)F)cc2)nnc1N1CCOCC1. The second-order valence-electron chi connectivity index (χ2n) is 5.61. The molecule has 0 spiro atoms. The second-order valence-corrected chi connectivity index (χ2v) is 6.55. The van der Waals surface area contributed by atoms with Crippen molar-refractivity contribution in [3.63, 3.8) is 0 Å². The fourth-order valence-electron chi connectivity index (χ4n) is 2.60. The van der Waals surface area contributed by atoms with Gasteiger partial charge in [-0.2, -0.15) is 13.2 Å². The van der Waals surface area contributed by atoms with Gasteiger partial charge in [0.15, 0.2) is 5.16 Å². The molecule has 2 aromatic rings. The molecule has 0 atom stereocenters. The van der Waals surface area contributed by atoms with Gasteiger partial charge in [-0.25, -0.2) is 0 Å². The standard InChI is InChI=1S/C16H19F3N4OS/c1-2-23-14(22-7-9-24-10-8-22)20-21-15(23)25-11-12-3-5-13(6-4-12)16(17,18)19/h3-6H,2,7-11H2,1H3. The van der Waals surface area contributed by atoms with Gasteiger partial charge in [0.1, 0.15) is 0 Å². The molecule has 3 rings (SSSR count). The summed E-state index contributed by atoms with van der Waals surface area (Å²) in [6.07, 6.45) is -4.30. The number of aromatic nitrogens is 3. The van der Waals surface area contributed by atoms with Crippen LogP contribution in [-0.4, -0.2) is 41.1 Å². The van der Waals surface area contributed by atoms with Gasteiger partial charge in [-0.05, 0) is 24.6 Å². The van der Waals surface area contributed by atoms with E-state index in [9.17, 15) is 13.2 Å². The molecule has 136 valence electrons. The van der Waals surface area contributed by atoms with Crippen molar-refractivity contribution in [2.24, 2.45) is 0 Å². The predicted molar refractivity (Wildman–Crippen MR) is 89.7 cm³/mol. The van der Waals surface area contributed by atoms with Crippen LogP contribution < -0.4 is 4.90 Å². The van der Waals surface area contributed by atoms with Gasteiger partial charge in [0, 0.05) is 25.4 Å². The third-order valence-electron chi connectivity index (χ3n) is 3.96. The highest BCUT2D eigenvalue weighted by Gasteiger charge is 2.30. The molecule has 2 heterocycles. The van der Waals surface area contributed by atoms with E-state index in [0.29, 0.717) is 19.0 Å². The second kappa shape index (κ2) is 7.65. The average Bonchev–Trinajstić information content (AvgIpc) is 3.03. The number of rotatable bonds is 5. The van der Waals surface area contributed by atoms with Crippen LogP contribution in [0.3, 0.4) is 0 Å². The van der Waals surface area contributed by atoms with Crippen molar-refractivity contribution in [1.29, 1.82) is 0 Å². The summed E-state index contributed by atoms with van der Waals surface area (Å²) >= 11 is 1.47. The normalized spacial score (nSPS) is 15.6. The first kappa shape index (κ1) is 18.1. The molecule has 1 fully saturated rings. The molecule has 0 unspecified atom stereocenters. The lowest BCUT2D eigenvalue weighted by Gasteiger charge is -2.27. The first-order valence-corrected chi connectivity index (χ1v) is 9.02. The van der Waals surface area contributed by atoms with Crippen LogP contribution in [0.25, 0.3) is 0 Å². The van der Waals surface area contributed by atoms with Crippen LogP contribution in [0, 0.1) is 0 Å². The molecule has 1 aliphatic heterocycles. The van der Waals surface area contributed by atoms with Crippen molar-refractivity contribution < 1.29 is 17.9 Å². The van der Waals surface area contributed by atoms with Gasteiger partial charge in [-0.15, -0.1) is 10.2 Å². The molecule has 5 nitrogen and oxygen atoms in total. The Labute approximate surface area is 148 Å². The summed E-state index contributed by atoms with van der Waals surface area (Å²) in [7, 11) is 0. The molecule has 0 aliphatic carbocycles. The molecule has 0 amide bonds. The minimum Gasteiger partial charge on any atom is -0.378 e. The number of ether oxygens (including phenoxy) is 1. The average molecular weight is 372 g/mol. The van der Waals surface area contributed by atoms with Gasteiger partial charge in [-0.3, -0.25) is 4.57 Å². The van der Waals surface area contributed by atoms with E-state index in [4.69, 9.17) is 4.74 Å². The number of hydrogen-bond acceptors (Lipinski definition) is 5. The Morgan fingerprint density at radius 3 is 2.40 bits per heavy atom. The van der Waals surface area contributed by atoms with Gasteiger partial charge in [0.25, 0.3) is 0 Å². The molecule has 1 aromatic heterocycles. The van der Waals surface area contributed by atoms with E-state index in [-0.39, 0.29) is 0 Å². The van der Waals surface area contributed by atoms with Crippen molar-refractivity contribution in [1.82, 2.24) is 14.8 Å². The van der Waals surface area contributed by atoms with Crippen LogP contribution in [0.1, 0.15) is 18.1 Å². The number of anilines is 1. The lowest BCUT2D eigenvalue weighted by atomic mass is 10.1. The fraction of sp³-hybridized carbons (Fsp3) is 0.500. The number of alkyl halides is 3. The molecule has 0 saturated carbocycles. The zero-order chi connectivity index (χ0) is 17.9. The number of thioether (sulfide) groups is 1. The maximum Gasteiger partial charge on any atom is 0.416 e. The molecule has 1 aromatic carbocycles. The van der Waals surface area contributed by atoms with Crippen molar-refractivity contribution in [3.05, 3.63) is 35.4 Å². The van der Waals surface area contributed by atoms with Gasteiger partial charge in [0.2, 0.25) is 5.95 Å². The van der Waals surface area contributed by atoms with E-state index in [2.05, 4.69) is 15.1 Å². The van der Waals surface area contributed by atoms with Gasteiger partial charge >= 0.3 is 6.18 Å². The highest BCUT2D eigenvalue weighted by Crippen LogP contribution is 2.30. The van der Waals surface area contributed by atoms with Crippen LogP contribution in [0.15, 0.2) is 29.4 Å². The van der Waals surface area contributed by atoms with Gasteiger partial charge in [0.05, 0.1) is 18.8 Å². The van der Waals surface area contributed by atoms with E-state index in [1.165, 1.54) is 23.9 Å². The third-order valence-corrected chi connectivity index (χ3v) is 4.99. The third kappa shape index (κ3) is 4.27. The summed E-state index contributed by atoms with van der Waals surface area (Å²) in [6, 6.07) is 5.23. The summed E-state index contributed by atoms with van der Waals surface area (Å²) in [4.78, 5) is 2.14. The molecular formula is C16H19F3N4OS. The molecule has 9 heteroatoms. The highest BCUT2D eigenvalue weighted by molar-refractivity contribution is 7.98. The predicted octanol–water partition coefficient (Wildman–Crippen LogP) is 3.45. The van der Waals surface area contributed by atoms with E-state index in [0.717, 1.165) is 48.4 Å². The monoisotopic (exact) mass is 372 g/mol. The first-order valence-electron chi connectivity index (χ1n) is 8.04. The van der Waals surface area contributed by atoms with Crippen LogP contribution >= 0.6 is 11.8 Å². The Balaban J connectivity index is 1.68. The van der Waals surface area contributed by atoms with Crippen LogP contribution in [0.4, 0.5) is 19.1 Å². The molecule has 1 saturated heterocycles.